The van der Waals surface area contributed by atoms with Crippen LogP contribution in [0.1, 0.15) is 17.1 Å². The molecule has 122 valence electrons. The lowest BCUT2D eigenvalue weighted by molar-refractivity contribution is -0.0857. The first kappa shape index (κ1) is 14.8. The molecule has 0 aliphatic carbocycles. The lowest BCUT2D eigenvalue weighted by Crippen LogP contribution is -2.52. The number of aromatic nitrogens is 3. The van der Waals surface area contributed by atoms with Crippen LogP contribution in [-0.4, -0.2) is 37.9 Å². The van der Waals surface area contributed by atoms with Crippen LogP contribution in [0.2, 0.25) is 0 Å². The average Bonchev–Trinajstić information content (AvgIpc) is 3.18. The van der Waals surface area contributed by atoms with E-state index in [4.69, 9.17) is 4.74 Å². The van der Waals surface area contributed by atoms with Crippen LogP contribution in [0.3, 0.4) is 0 Å². The molecule has 8 heteroatoms. The molecule has 2 aliphatic rings. The highest BCUT2D eigenvalue weighted by atomic mass is 32.1. The van der Waals surface area contributed by atoms with Crippen molar-refractivity contribution in [2.45, 2.75) is 31.7 Å². The lowest BCUT2D eigenvalue weighted by atomic mass is 10.0. The number of nitrogens with zero attached hydrogens (tertiary/aromatic N) is 4. The van der Waals surface area contributed by atoms with Gasteiger partial charge < -0.3 is 4.74 Å². The van der Waals surface area contributed by atoms with Gasteiger partial charge >= 0.3 is 11.1 Å². The second-order valence-corrected chi connectivity index (χ2v) is 7.28. The lowest BCUT2D eigenvalue weighted by Gasteiger charge is -2.35. The van der Waals surface area contributed by atoms with Gasteiger partial charge in [0.1, 0.15) is 12.2 Å². The van der Waals surface area contributed by atoms with Crippen LogP contribution in [0.25, 0.3) is 0 Å². The highest BCUT2D eigenvalue weighted by Crippen LogP contribution is 2.32. The minimum atomic E-state index is -0.584. The number of likely N-dealkylation sites (tertiary alicyclic amines) is 1. The Hall–Kier alpha value is -1.77. The number of rotatable bonds is 2. The van der Waals surface area contributed by atoms with Gasteiger partial charge in [0.05, 0.1) is 6.54 Å². The number of hydrogen-bond acceptors (Lipinski definition) is 6. The number of aryl methyl sites for hydroxylation is 1. The second-order valence-electron chi connectivity index (χ2n) is 6.25. The maximum absolute atomic E-state index is 12.2. The van der Waals surface area contributed by atoms with E-state index in [2.05, 4.69) is 27.5 Å². The summed E-state index contributed by atoms with van der Waals surface area (Å²) in [6.07, 6.45) is 0.861. The van der Waals surface area contributed by atoms with Gasteiger partial charge in [0.15, 0.2) is 5.82 Å². The van der Waals surface area contributed by atoms with Crippen molar-refractivity contribution < 1.29 is 4.74 Å². The molecule has 4 heterocycles. The highest BCUT2D eigenvalue weighted by Gasteiger charge is 2.43. The number of thiophene rings is 1. The van der Waals surface area contributed by atoms with E-state index in [1.54, 1.807) is 11.3 Å². The Morgan fingerprint density at radius 1 is 1.35 bits per heavy atom. The van der Waals surface area contributed by atoms with E-state index in [0.717, 1.165) is 30.7 Å². The van der Waals surface area contributed by atoms with Crippen molar-refractivity contribution in [2.75, 3.05) is 13.1 Å². The predicted molar refractivity (Wildman–Crippen MR) is 85.5 cm³/mol. The van der Waals surface area contributed by atoms with E-state index in [-0.39, 0.29) is 12.2 Å². The first-order chi connectivity index (χ1) is 11.1. The van der Waals surface area contributed by atoms with Gasteiger partial charge in [0.2, 0.25) is 0 Å². The van der Waals surface area contributed by atoms with Crippen molar-refractivity contribution in [3.8, 4) is 0 Å². The largest absolute Gasteiger partial charge is 0.364 e. The third-order valence-electron chi connectivity index (χ3n) is 4.61. The molecule has 0 saturated carbocycles. The Balaban J connectivity index is 1.57. The van der Waals surface area contributed by atoms with Crippen molar-refractivity contribution in [1.29, 1.82) is 0 Å². The average molecular weight is 334 g/mol. The first-order valence-corrected chi connectivity index (χ1v) is 8.50. The van der Waals surface area contributed by atoms with Crippen LogP contribution >= 0.6 is 11.3 Å². The Morgan fingerprint density at radius 2 is 2.22 bits per heavy atom. The molecule has 7 nitrogen and oxygen atoms in total. The predicted octanol–water partition coefficient (Wildman–Crippen LogP) is 0.178. The molecular formula is C15H18N4O3S. The summed E-state index contributed by atoms with van der Waals surface area (Å²) in [5.74, 6) is 0.527. The molecule has 1 atom stereocenters. The van der Waals surface area contributed by atoms with Gasteiger partial charge in [-0.25, -0.2) is 4.68 Å². The molecule has 1 saturated heterocycles. The minimum absolute atomic E-state index is 0.274. The summed E-state index contributed by atoms with van der Waals surface area (Å²) in [4.78, 5) is 27.7. The van der Waals surface area contributed by atoms with Gasteiger partial charge in [-0.15, -0.1) is 11.3 Å². The summed E-state index contributed by atoms with van der Waals surface area (Å²) in [6.45, 7) is 3.28. The molecule has 0 bridgehead atoms. The number of ether oxygens (including phenoxy) is 1. The topological polar surface area (TPSA) is 69.4 Å². The molecule has 0 radical (unpaired) electrons. The molecule has 1 spiro atoms. The zero-order valence-electron chi connectivity index (χ0n) is 12.9. The molecule has 0 aromatic carbocycles. The fourth-order valence-electron chi connectivity index (χ4n) is 3.40. The van der Waals surface area contributed by atoms with E-state index in [9.17, 15) is 9.59 Å². The van der Waals surface area contributed by atoms with Crippen LogP contribution in [0.15, 0.2) is 27.1 Å². The Morgan fingerprint density at radius 3 is 3.00 bits per heavy atom. The molecule has 2 aliphatic heterocycles. The van der Waals surface area contributed by atoms with E-state index >= 15 is 0 Å². The zero-order chi connectivity index (χ0) is 16.0. The smallest absolute Gasteiger partial charge is 0.332 e. The van der Waals surface area contributed by atoms with Gasteiger partial charge in [-0.1, -0.05) is 6.07 Å². The third-order valence-corrected chi connectivity index (χ3v) is 5.47. The van der Waals surface area contributed by atoms with Crippen LogP contribution in [0, 0.1) is 0 Å². The van der Waals surface area contributed by atoms with Gasteiger partial charge in [-0.2, -0.15) is 5.10 Å². The second kappa shape index (κ2) is 5.40. The normalized spacial score (nSPS) is 24.2. The Kier molecular flexibility index (Phi) is 3.47. The zero-order valence-corrected chi connectivity index (χ0v) is 13.7. The molecule has 0 N–H and O–H groups in total. The van der Waals surface area contributed by atoms with Crippen molar-refractivity contribution in [3.05, 3.63) is 48.9 Å². The van der Waals surface area contributed by atoms with Crippen LogP contribution in [0.5, 0.6) is 0 Å². The van der Waals surface area contributed by atoms with E-state index in [0.29, 0.717) is 12.4 Å². The fraction of sp³-hybridized carbons (Fsp3) is 0.533. The summed E-state index contributed by atoms with van der Waals surface area (Å²) in [5.41, 5.74) is -1.47. The molecule has 1 fully saturated rings. The summed E-state index contributed by atoms with van der Waals surface area (Å²) < 4.78 is 8.67. The van der Waals surface area contributed by atoms with Crippen LogP contribution in [0.4, 0.5) is 0 Å². The maximum Gasteiger partial charge on any atom is 0.332 e. The van der Waals surface area contributed by atoms with E-state index in [1.807, 2.05) is 0 Å². The molecule has 2 aromatic rings. The molecule has 2 aromatic heterocycles. The monoisotopic (exact) mass is 334 g/mol. The first-order valence-electron chi connectivity index (χ1n) is 7.62. The molecule has 0 amide bonds. The quantitative estimate of drug-likeness (QED) is 0.733. The van der Waals surface area contributed by atoms with Crippen molar-refractivity contribution in [1.82, 2.24) is 19.2 Å². The van der Waals surface area contributed by atoms with Gasteiger partial charge in [-0.05, 0) is 17.9 Å². The van der Waals surface area contributed by atoms with Crippen molar-refractivity contribution >= 4 is 11.3 Å². The molecular weight excluding hydrogens is 316 g/mol. The SMILES string of the molecule is Cn1nc2n(c(=O)c1=O)C[C@@]1(CCN(Cc3cccs3)C1)OC2. The summed E-state index contributed by atoms with van der Waals surface area (Å²) in [7, 11) is 1.49. The van der Waals surface area contributed by atoms with Crippen LogP contribution in [-0.2, 0) is 31.5 Å². The third kappa shape index (κ3) is 2.56. The summed E-state index contributed by atoms with van der Waals surface area (Å²) in [5, 5.41) is 6.22. The molecule has 0 unspecified atom stereocenters. The fourth-order valence-corrected chi connectivity index (χ4v) is 4.14. The molecule has 4 rings (SSSR count). The maximum atomic E-state index is 12.2. The Labute approximate surface area is 136 Å². The summed E-state index contributed by atoms with van der Waals surface area (Å²) in [6, 6.07) is 4.19. The van der Waals surface area contributed by atoms with Gasteiger partial charge in [-0.3, -0.25) is 19.1 Å². The number of fused-ring (bicyclic) bond motifs is 1. The molecule has 23 heavy (non-hydrogen) atoms. The standard InChI is InChI=1S/C15H18N4O3S/c1-17-13(20)14(21)19-10-15(22-8-12(19)16-17)4-5-18(9-15)7-11-3-2-6-23-11/h2-3,6H,4-5,7-10H2,1H3/t15-/m0/s1. The van der Waals surface area contributed by atoms with Crippen molar-refractivity contribution in [2.24, 2.45) is 7.05 Å². The Bertz CT molecular complexity index is 841. The minimum Gasteiger partial charge on any atom is -0.364 e. The summed E-state index contributed by atoms with van der Waals surface area (Å²) >= 11 is 1.75. The van der Waals surface area contributed by atoms with E-state index in [1.165, 1.54) is 16.5 Å². The van der Waals surface area contributed by atoms with Gasteiger partial charge in [0, 0.05) is 31.6 Å². The van der Waals surface area contributed by atoms with Gasteiger partial charge in [0.25, 0.3) is 0 Å². The number of hydrogen-bond donors (Lipinski definition) is 0. The van der Waals surface area contributed by atoms with Crippen molar-refractivity contribution in [3.63, 3.8) is 0 Å². The highest BCUT2D eigenvalue weighted by molar-refractivity contribution is 7.09. The van der Waals surface area contributed by atoms with Crippen LogP contribution < -0.4 is 11.1 Å². The van der Waals surface area contributed by atoms with E-state index < -0.39 is 11.1 Å².